The zero-order chi connectivity index (χ0) is 19.6. The summed E-state index contributed by atoms with van der Waals surface area (Å²) in [6, 6.07) is 5.42. The molecule has 0 saturated heterocycles. The summed E-state index contributed by atoms with van der Waals surface area (Å²) in [7, 11) is 3.16. The van der Waals surface area contributed by atoms with Crippen molar-refractivity contribution in [1.29, 1.82) is 0 Å². The summed E-state index contributed by atoms with van der Waals surface area (Å²) in [5.74, 6) is 2.82. The van der Waals surface area contributed by atoms with E-state index in [1.807, 2.05) is 33.8 Å². The van der Waals surface area contributed by atoms with Crippen molar-refractivity contribution in [2.24, 2.45) is 0 Å². The number of benzene rings is 1. The Morgan fingerprint density at radius 1 is 1.07 bits per heavy atom. The van der Waals surface area contributed by atoms with Gasteiger partial charge in [-0.3, -0.25) is 0 Å². The van der Waals surface area contributed by atoms with Gasteiger partial charge in [0.2, 0.25) is 11.8 Å². The van der Waals surface area contributed by atoms with Crippen molar-refractivity contribution in [2.75, 3.05) is 14.2 Å². The molecule has 0 amide bonds. The Morgan fingerprint density at radius 3 is 2.44 bits per heavy atom. The molecule has 144 valence electrons. The third-order valence-corrected chi connectivity index (χ3v) is 4.70. The van der Waals surface area contributed by atoms with Gasteiger partial charge in [0.05, 0.1) is 19.5 Å². The molecule has 1 unspecified atom stereocenters. The Kier molecular flexibility index (Phi) is 5.41. The molecule has 0 aliphatic carbocycles. The van der Waals surface area contributed by atoms with Crippen LogP contribution in [0.25, 0.3) is 11.5 Å². The minimum Gasteiger partial charge on any atom is -0.493 e. The summed E-state index contributed by atoms with van der Waals surface area (Å²) in [6.07, 6.45) is 0. The fraction of sp³-hybridized carbons (Fsp3) is 0.444. The smallest absolute Gasteiger partial charge is 0.277 e. The maximum atomic E-state index is 5.76. The molecule has 0 radical (unpaired) electrons. The molecule has 0 aliphatic rings. The van der Waals surface area contributed by atoms with E-state index in [4.69, 9.17) is 18.4 Å². The minimum absolute atomic E-state index is 0.118. The fourth-order valence-electron chi connectivity index (χ4n) is 2.25. The van der Waals surface area contributed by atoms with Crippen LogP contribution in [0.2, 0.25) is 0 Å². The van der Waals surface area contributed by atoms with E-state index in [0.29, 0.717) is 34.3 Å². The first-order valence-corrected chi connectivity index (χ1v) is 9.26. The summed E-state index contributed by atoms with van der Waals surface area (Å²) >= 11 is 1.36. The van der Waals surface area contributed by atoms with Crippen LogP contribution in [0.4, 0.5) is 0 Å². The molecule has 9 heteroatoms. The summed E-state index contributed by atoms with van der Waals surface area (Å²) in [6.45, 7) is 8.05. The van der Waals surface area contributed by atoms with E-state index in [9.17, 15) is 0 Å². The van der Waals surface area contributed by atoms with Crippen molar-refractivity contribution >= 4 is 11.8 Å². The highest BCUT2D eigenvalue weighted by atomic mass is 32.2. The van der Waals surface area contributed by atoms with Gasteiger partial charge in [-0.25, -0.2) is 0 Å². The fourth-order valence-corrected chi connectivity index (χ4v) is 2.96. The lowest BCUT2D eigenvalue weighted by Gasteiger charge is -2.11. The topological polar surface area (TPSA) is 96.3 Å². The van der Waals surface area contributed by atoms with Crippen LogP contribution in [0, 0.1) is 0 Å². The number of aromatic nitrogens is 4. The van der Waals surface area contributed by atoms with Crippen LogP contribution in [0.5, 0.6) is 11.5 Å². The molecular formula is C18H22N4O4S. The zero-order valence-electron chi connectivity index (χ0n) is 16.1. The van der Waals surface area contributed by atoms with Gasteiger partial charge in [-0.05, 0) is 25.1 Å². The second-order valence-corrected chi connectivity index (χ2v) is 8.20. The van der Waals surface area contributed by atoms with Crippen LogP contribution in [-0.4, -0.2) is 34.6 Å². The van der Waals surface area contributed by atoms with E-state index in [0.717, 1.165) is 5.56 Å². The van der Waals surface area contributed by atoms with Gasteiger partial charge in [-0.15, -0.1) is 10.2 Å². The van der Waals surface area contributed by atoms with Crippen molar-refractivity contribution in [2.45, 2.75) is 43.6 Å². The maximum absolute atomic E-state index is 5.76. The second-order valence-electron chi connectivity index (χ2n) is 6.91. The van der Waals surface area contributed by atoms with Gasteiger partial charge in [-0.1, -0.05) is 37.7 Å². The van der Waals surface area contributed by atoms with E-state index in [2.05, 4.69) is 20.3 Å². The number of ether oxygens (including phenoxy) is 2. The van der Waals surface area contributed by atoms with Crippen molar-refractivity contribution in [3.05, 3.63) is 29.9 Å². The molecule has 8 nitrogen and oxygen atoms in total. The molecule has 2 heterocycles. The predicted octanol–water partition coefficient (Wildman–Crippen LogP) is 4.29. The molecule has 1 aromatic carbocycles. The monoisotopic (exact) mass is 390 g/mol. The van der Waals surface area contributed by atoms with E-state index < -0.39 is 0 Å². The zero-order valence-corrected chi connectivity index (χ0v) is 17.0. The molecule has 0 aliphatic heterocycles. The Balaban J connectivity index is 1.75. The Morgan fingerprint density at radius 2 is 1.81 bits per heavy atom. The number of hydrogen-bond acceptors (Lipinski definition) is 9. The van der Waals surface area contributed by atoms with Gasteiger partial charge in [0.25, 0.3) is 5.22 Å². The molecule has 0 bridgehead atoms. The van der Waals surface area contributed by atoms with Crippen LogP contribution in [0.15, 0.2) is 32.4 Å². The van der Waals surface area contributed by atoms with Gasteiger partial charge in [0.1, 0.15) is 0 Å². The summed E-state index contributed by atoms with van der Waals surface area (Å²) in [4.78, 5) is 4.47. The average molecular weight is 390 g/mol. The number of rotatable bonds is 6. The van der Waals surface area contributed by atoms with Gasteiger partial charge in [-0.2, -0.15) is 4.98 Å². The van der Waals surface area contributed by atoms with Crippen LogP contribution in [0.1, 0.15) is 44.7 Å². The maximum Gasteiger partial charge on any atom is 0.277 e. The lowest BCUT2D eigenvalue weighted by Crippen LogP contribution is -2.13. The predicted molar refractivity (Wildman–Crippen MR) is 100 cm³/mol. The molecule has 0 N–H and O–H groups in total. The Bertz CT molecular complexity index is 916. The highest BCUT2D eigenvalue weighted by Crippen LogP contribution is 2.36. The first kappa shape index (κ1) is 19.2. The number of thioether (sulfide) groups is 1. The quantitative estimate of drug-likeness (QED) is 0.571. The van der Waals surface area contributed by atoms with Crippen LogP contribution in [0.3, 0.4) is 0 Å². The first-order chi connectivity index (χ1) is 12.8. The van der Waals surface area contributed by atoms with Crippen molar-refractivity contribution in [3.8, 4) is 23.0 Å². The van der Waals surface area contributed by atoms with Gasteiger partial charge >= 0.3 is 0 Å². The van der Waals surface area contributed by atoms with Crippen LogP contribution >= 0.6 is 11.8 Å². The third kappa shape index (κ3) is 4.24. The molecular weight excluding hydrogens is 368 g/mol. The SMILES string of the molecule is COc1ccc(-c2nnc(SC(C)c3nc(C(C)(C)C)no3)o2)cc1OC. The van der Waals surface area contributed by atoms with E-state index in [1.54, 1.807) is 26.4 Å². The second kappa shape index (κ2) is 7.59. The molecule has 1 atom stereocenters. The minimum atomic E-state index is -0.169. The number of hydrogen-bond donors (Lipinski definition) is 0. The van der Waals surface area contributed by atoms with Gasteiger partial charge in [0, 0.05) is 11.0 Å². The largest absolute Gasteiger partial charge is 0.493 e. The standard InChI is InChI=1S/C18H22N4O4S/c1-10(14-19-16(22-26-14)18(2,3)4)27-17-21-20-15(25-17)11-7-8-12(23-5)13(9-11)24-6/h7-10H,1-6H3. The molecule has 0 fully saturated rings. The molecule has 0 spiro atoms. The lowest BCUT2D eigenvalue weighted by atomic mass is 9.96. The molecule has 27 heavy (non-hydrogen) atoms. The van der Waals surface area contributed by atoms with Crippen molar-refractivity contribution < 1.29 is 18.4 Å². The third-order valence-electron chi connectivity index (χ3n) is 3.77. The first-order valence-electron chi connectivity index (χ1n) is 8.38. The number of methoxy groups -OCH3 is 2. The Hall–Kier alpha value is -2.55. The molecule has 3 aromatic rings. The van der Waals surface area contributed by atoms with E-state index in [1.165, 1.54) is 11.8 Å². The van der Waals surface area contributed by atoms with Crippen LogP contribution in [-0.2, 0) is 5.41 Å². The molecule has 0 saturated carbocycles. The summed E-state index contributed by atoms with van der Waals surface area (Å²) in [5.41, 5.74) is 0.574. The van der Waals surface area contributed by atoms with E-state index in [-0.39, 0.29) is 10.7 Å². The van der Waals surface area contributed by atoms with Gasteiger partial charge < -0.3 is 18.4 Å². The van der Waals surface area contributed by atoms with Crippen LogP contribution < -0.4 is 9.47 Å². The highest BCUT2D eigenvalue weighted by Gasteiger charge is 2.25. The summed E-state index contributed by atoms with van der Waals surface area (Å²) in [5, 5.41) is 12.6. The Labute approximate surface area is 161 Å². The normalized spacial score (nSPS) is 12.8. The molecule has 3 rings (SSSR count). The highest BCUT2D eigenvalue weighted by molar-refractivity contribution is 7.99. The molecule has 2 aromatic heterocycles. The van der Waals surface area contributed by atoms with E-state index >= 15 is 0 Å². The summed E-state index contributed by atoms with van der Waals surface area (Å²) < 4.78 is 21.7. The van der Waals surface area contributed by atoms with Gasteiger partial charge in [0.15, 0.2) is 17.3 Å². The average Bonchev–Trinajstić information content (AvgIpc) is 3.30. The van der Waals surface area contributed by atoms with Crippen molar-refractivity contribution in [1.82, 2.24) is 20.3 Å². The van der Waals surface area contributed by atoms with Crippen molar-refractivity contribution in [3.63, 3.8) is 0 Å². The number of nitrogens with zero attached hydrogens (tertiary/aromatic N) is 4. The lowest BCUT2D eigenvalue weighted by molar-refractivity contribution is 0.355.